The Balaban J connectivity index is 3.01. The van der Waals surface area contributed by atoms with Crippen LogP contribution in [0.2, 0.25) is 0 Å². The Bertz CT molecular complexity index is 341. The fourth-order valence-electron chi connectivity index (χ4n) is 1.56. The van der Waals surface area contributed by atoms with Crippen LogP contribution in [0.25, 0.3) is 0 Å². The van der Waals surface area contributed by atoms with E-state index < -0.39 is 0 Å². The highest BCUT2D eigenvalue weighted by molar-refractivity contribution is 7.71. The summed E-state index contributed by atoms with van der Waals surface area (Å²) in [5, 5.41) is 0. The van der Waals surface area contributed by atoms with Crippen molar-refractivity contribution in [2.45, 2.75) is 40.0 Å². The lowest BCUT2D eigenvalue weighted by Gasteiger charge is -2.10. The van der Waals surface area contributed by atoms with Gasteiger partial charge in [-0.1, -0.05) is 39.4 Å². The van der Waals surface area contributed by atoms with Gasteiger partial charge in [0.05, 0.1) is 6.33 Å². The minimum atomic E-state index is 0.652. The van der Waals surface area contributed by atoms with Crippen LogP contribution >= 0.6 is 12.2 Å². The number of nitrogens with zero attached hydrogens (tertiary/aromatic N) is 1. The Kier molecular flexibility index (Phi) is 4.26. The van der Waals surface area contributed by atoms with Crippen molar-refractivity contribution in [3.05, 3.63) is 22.2 Å². The number of hydrogen-bond donors (Lipinski definition) is 1. The van der Waals surface area contributed by atoms with E-state index in [-0.39, 0.29) is 0 Å². The van der Waals surface area contributed by atoms with Crippen LogP contribution in [0.15, 0.2) is 6.33 Å². The summed E-state index contributed by atoms with van der Waals surface area (Å²) in [6.45, 7) is 6.60. The monoisotopic (exact) mass is 210 g/mol. The van der Waals surface area contributed by atoms with Gasteiger partial charge >= 0.3 is 0 Å². The maximum atomic E-state index is 5.23. The quantitative estimate of drug-likeness (QED) is 0.772. The summed E-state index contributed by atoms with van der Waals surface area (Å²) in [6, 6.07) is 0. The molecule has 0 aliphatic heterocycles. The summed E-state index contributed by atoms with van der Waals surface area (Å²) in [6.07, 6.45) is 4.92. The number of aromatic nitrogens is 2. The van der Waals surface area contributed by atoms with E-state index in [1.54, 1.807) is 6.33 Å². The normalized spacial score (nSPS) is 10.9. The Morgan fingerprint density at radius 2 is 2.21 bits per heavy atom. The van der Waals surface area contributed by atoms with Crippen molar-refractivity contribution >= 4 is 12.2 Å². The van der Waals surface area contributed by atoms with Gasteiger partial charge < -0.3 is 4.98 Å². The Labute approximate surface area is 90.8 Å². The molecule has 3 heteroatoms. The molecule has 0 aliphatic rings. The van der Waals surface area contributed by atoms with Crippen molar-refractivity contribution in [2.24, 2.45) is 5.92 Å². The molecule has 0 saturated heterocycles. The summed E-state index contributed by atoms with van der Waals surface area (Å²) in [7, 11) is 0. The van der Waals surface area contributed by atoms with Crippen LogP contribution in [0.4, 0.5) is 0 Å². The molecule has 1 aromatic rings. The third-order valence-corrected chi connectivity index (χ3v) is 2.51. The Hall–Kier alpha value is -0.700. The zero-order valence-corrected chi connectivity index (χ0v) is 9.95. The van der Waals surface area contributed by atoms with Gasteiger partial charge in [-0.05, 0) is 18.8 Å². The molecule has 1 rings (SSSR count). The van der Waals surface area contributed by atoms with E-state index in [1.807, 2.05) is 0 Å². The van der Waals surface area contributed by atoms with E-state index in [0.717, 1.165) is 23.9 Å². The summed E-state index contributed by atoms with van der Waals surface area (Å²) in [4.78, 5) is 7.34. The van der Waals surface area contributed by atoms with Crippen LogP contribution in [0, 0.1) is 10.6 Å². The van der Waals surface area contributed by atoms with Crippen molar-refractivity contribution in [2.75, 3.05) is 0 Å². The summed E-state index contributed by atoms with van der Waals surface area (Å²) >= 11 is 5.23. The maximum Gasteiger partial charge on any atom is 0.132 e. The molecule has 0 saturated carbocycles. The van der Waals surface area contributed by atoms with Gasteiger partial charge in [-0.2, -0.15) is 0 Å². The largest absolute Gasteiger partial charge is 0.349 e. The molecule has 1 aromatic heterocycles. The molecule has 0 aliphatic carbocycles. The van der Waals surface area contributed by atoms with Crippen LogP contribution in [0.5, 0.6) is 0 Å². The predicted octanol–water partition coefficient (Wildman–Crippen LogP) is 3.29. The van der Waals surface area contributed by atoms with Crippen molar-refractivity contribution in [1.29, 1.82) is 0 Å². The van der Waals surface area contributed by atoms with Gasteiger partial charge in [0.25, 0.3) is 0 Å². The zero-order chi connectivity index (χ0) is 10.6. The first-order chi connectivity index (χ1) is 6.65. The zero-order valence-electron chi connectivity index (χ0n) is 9.13. The lowest BCUT2D eigenvalue weighted by molar-refractivity contribution is 0.625. The van der Waals surface area contributed by atoms with Crippen molar-refractivity contribution < 1.29 is 0 Å². The number of aromatic amines is 1. The molecule has 78 valence electrons. The van der Waals surface area contributed by atoms with Crippen LogP contribution in [-0.2, 0) is 12.8 Å². The second-order valence-electron chi connectivity index (χ2n) is 4.01. The molecule has 0 amide bonds. The smallest absolute Gasteiger partial charge is 0.132 e. The molecule has 1 heterocycles. The van der Waals surface area contributed by atoms with Crippen LogP contribution in [0.1, 0.15) is 38.4 Å². The molecular weight excluding hydrogens is 192 g/mol. The summed E-state index contributed by atoms with van der Waals surface area (Å²) in [5.41, 5.74) is 2.50. The SMILES string of the molecule is CCCc1c(CC(C)C)[nH]cnc1=S. The summed E-state index contributed by atoms with van der Waals surface area (Å²) in [5.74, 6) is 0.652. The Morgan fingerprint density at radius 1 is 1.50 bits per heavy atom. The van der Waals surface area contributed by atoms with E-state index in [9.17, 15) is 0 Å². The maximum absolute atomic E-state index is 5.23. The third-order valence-electron chi connectivity index (χ3n) is 2.16. The van der Waals surface area contributed by atoms with E-state index in [0.29, 0.717) is 5.92 Å². The molecule has 1 N–H and O–H groups in total. The number of rotatable bonds is 4. The minimum absolute atomic E-state index is 0.652. The highest BCUT2D eigenvalue weighted by atomic mass is 32.1. The molecule has 0 bridgehead atoms. The average molecular weight is 210 g/mol. The van der Waals surface area contributed by atoms with Crippen molar-refractivity contribution in [1.82, 2.24) is 9.97 Å². The van der Waals surface area contributed by atoms with Crippen LogP contribution in [-0.4, -0.2) is 9.97 Å². The molecular formula is C11H18N2S. The minimum Gasteiger partial charge on any atom is -0.349 e. The molecule has 0 spiro atoms. The van der Waals surface area contributed by atoms with Gasteiger partial charge in [0.1, 0.15) is 4.64 Å². The van der Waals surface area contributed by atoms with E-state index in [4.69, 9.17) is 12.2 Å². The number of hydrogen-bond acceptors (Lipinski definition) is 2. The lowest BCUT2D eigenvalue weighted by Crippen LogP contribution is -2.04. The predicted molar refractivity (Wildman–Crippen MR) is 62.0 cm³/mol. The van der Waals surface area contributed by atoms with Gasteiger partial charge in [0, 0.05) is 11.3 Å². The van der Waals surface area contributed by atoms with Gasteiger partial charge in [0.15, 0.2) is 0 Å². The van der Waals surface area contributed by atoms with Crippen molar-refractivity contribution in [3.8, 4) is 0 Å². The fourth-order valence-corrected chi connectivity index (χ4v) is 1.84. The first-order valence-electron chi connectivity index (χ1n) is 5.20. The van der Waals surface area contributed by atoms with Crippen molar-refractivity contribution in [3.63, 3.8) is 0 Å². The second kappa shape index (κ2) is 5.25. The lowest BCUT2D eigenvalue weighted by atomic mass is 10.0. The van der Waals surface area contributed by atoms with E-state index in [2.05, 4.69) is 30.7 Å². The van der Waals surface area contributed by atoms with Gasteiger partial charge in [0.2, 0.25) is 0 Å². The van der Waals surface area contributed by atoms with Gasteiger partial charge in [-0.3, -0.25) is 0 Å². The molecule has 0 radical (unpaired) electrons. The van der Waals surface area contributed by atoms with Gasteiger partial charge in [-0.25, -0.2) is 4.98 Å². The molecule has 0 atom stereocenters. The molecule has 2 nitrogen and oxygen atoms in total. The van der Waals surface area contributed by atoms with Gasteiger partial charge in [-0.15, -0.1) is 0 Å². The molecule has 0 fully saturated rings. The average Bonchev–Trinajstić information content (AvgIpc) is 2.10. The van der Waals surface area contributed by atoms with Crippen LogP contribution < -0.4 is 0 Å². The van der Waals surface area contributed by atoms with E-state index in [1.165, 1.54) is 11.3 Å². The standard InChI is InChI=1S/C11H18N2S/c1-4-5-9-10(6-8(2)3)12-7-13-11(9)14/h7-8H,4-6H2,1-3H3,(H,12,13,14). The molecule has 0 unspecified atom stereocenters. The van der Waals surface area contributed by atoms with Crippen LogP contribution in [0.3, 0.4) is 0 Å². The summed E-state index contributed by atoms with van der Waals surface area (Å²) < 4.78 is 0.765. The third kappa shape index (κ3) is 2.91. The second-order valence-corrected chi connectivity index (χ2v) is 4.40. The fraction of sp³-hybridized carbons (Fsp3) is 0.636. The Morgan fingerprint density at radius 3 is 2.79 bits per heavy atom. The molecule has 14 heavy (non-hydrogen) atoms. The highest BCUT2D eigenvalue weighted by Crippen LogP contribution is 2.13. The number of H-pyrrole nitrogens is 1. The number of nitrogens with one attached hydrogen (secondary N) is 1. The topological polar surface area (TPSA) is 28.7 Å². The molecule has 0 aromatic carbocycles. The highest BCUT2D eigenvalue weighted by Gasteiger charge is 2.06. The first-order valence-corrected chi connectivity index (χ1v) is 5.61. The van der Waals surface area contributed by atoms with E-state index >= 15 is 0 Å². The first kappa shape index (κ1) is 11.4.